The number of fused-ring (bicyclic) bond motifs is 1. The molecule has 0 bridgehead atoms. The number of phenols is 1. The van der Waals surface area contributed by atoms with E-state index in [4.69, 9.17) is 0 Å². The Labute approximate surface area is 109 Å². The summed E-state index contributed by atoms with van der Waals surface area (Å²) in [5.41, 5.74) is 1.66. The SMILES string of the molecule is Cc1ccc(N2C(=O)c3ccncc3C2=O)cc1O. The number of anilines is 1. The van der Waals surface area contributed by atoms with Crippen LogP contribution in [-0.4, -0.2) is 21.9 Å². The van der Waals surface area contributed by atoms with E-state index in [0.29, 0.717) is 16.8 Å². The van der Waals surface area contributed by atoms with Gasteiger partial charge in [-0.1, -0.05) is 6.07 Å². The van der Waals surface area contributed by atoms with Crippen molar-refractivity contribution in [1.82, 2.24) is 4.98 Å². The van der Waals surface area contributed by atoms with E-state index in [1.807, 2.05) is 0 Å². The van der Waals surface area contributed by atoms with Crippen molar-refractivity contribution in [2.75, 3.05) is 4.90 Å². The third-order valence-electron chi connectivity index (χ3n) is 3.14. The molecule has 19 heavy (non-hydrogen) atoms. The molecule has 1 N–H and O–H groups in total. The van der Waals surface area contributed by atoms with Gasteiger partial charge >= 0.3 is 0 Å². The third kappa shape index (κ3) is 1.59. The second-order valence-corrected chi connectivity index (χ2v) is 4.34. The molecule has 0 unspecified atom stereocenters. The zero-order chi connectivity index (χ0) is 13.6. The normalized spacial score (nSPS) is 13.8. The van der Waals surface area contributed by atoms with Crippen LogP contribution in [-0.2, 0) is 0 Å². The van der Waals surface area contributed by atoms with Crippen LogP contribution in [0.5, 0.6) is 5.75 Å². The summed E-state index contributed by atoms with van der Waals surface area (Å²) in [6, 6.07) is 6.21. The zero-order valence-electron chi connectivity index (χ0n) is 10.1. The second kappa shape index (κ2) is 3.91. The van der Waals surface area contributed by atoms with Crippen LogP contribution in [0.4, 0.5) is 5.69 Å². The summed E-state index contributed by atoms with van der Waals surface area (Å²) >= 11 is 0. The highest BCUT2D eigenvalue weighted by atomic mass is 16.3. The summed E-state index contributed by atoms with van der Waals surface area (Å²) in [7, 11) is 0. The minimum Gasteiger partial charge on any atom is -0.508 e. The van der Waals surface area contributed by atoms with Crippen molar-refractivity contribution in [3.8, 4) is 5.75 Å². The standard InChI is InChI=1S/C14H10N2O3/c1-8-2-3-9(6-12(8)17)16-13(18)10-4-5-15-7-11(10)14(16)19/h2-7,17H,1H3. The lowest BCUT2D eigenvalue weighted by Gasteiger charge is -2.14. The number of hydrogen-bond acceptors (Lipinski definition) is 4. The van der Waals surface area contributed by atoms with Gasteiger partial charge in [0.05, 0.1) is 16.8 Å². The quantitative estimate of drug-likeness (QED) is 0.789. The number of imide groups is 1. The summed E-state index contributed by atoms with van der Waals surface area (Å²) in [6.07, 6.45) is 2.85. The number of benzene rings is 1. The summed E-state index contributed by atoms with van der Waals surface area (Å²) in [5.74, 6) is -0.769. The van der Waals surface area contributed by atoms with Gasteiger partial charge in [0.25, 0.3) is 11.8 Å². The molecule has 0 radical (unpaired) electrons. The molecule has 2 aromatic rings. The fourth-order valence-corrected chi connectivity index (χ4v) is 2.06. The average molecular weight is 254 g/mol. The van der Waals surface area contributed by atoms with Crippen molar-refractivity contribution < 1.29 is 14.7 Å². The van der Waals surface area contributed by atoms with Crippen molar-refractivity contribution in [3.63, 3.8) is 0 Å². The van der Waals surface area contributed by atoms with E-state index >= 15 is 0 Å². The summed E-state index contributed by atoms with van der Waals surface area (Å²) < 4.78 is 0. The Morgan fingerprint density at radius 3 is 2.53 bits per heavy atom. The predicted molar refractivity (Wildman–Crippen MR) is 68.2 cm³/mol. The summed E-state index contributed by atoms with van der Waals surface area (Å²) in [5, 5.41) is 9.69. The van der Waals surface area contributed by atoms with Gasteiger partial charge in [0.1, 0.15) is 5.75 Å². The van der Waals surface area contributed by atoms with Crippen molar-refractivity contribution >= 4 is 17.5 Å². The number of amides is 2. The smallest absolute Gasteiger partial charge is 0.267 e. The Hall–Kier alpha value is -2.69. The first kappa shape index (κ1) is 11.4. The molecule has 0 spiro atoms. The van der Waals surface area contributed by atoms with E-state index < -0.39 is 11.8 Å². The van der Waals surface area contributed by atoms with E-state index in [9.17, 15) is 14.7 Å². The molecule has 5 nitrogen and oxygen atoms in total. The number of pyridine rings is 1. The predicted octanol–water partition coefficient (Wildman–Crippen LogP) is 1.90. The van der Waals surface area contributed by atoms with Crippen molar-refractivity contribution in [1.29, 1.82) is 0 Å². The largest absolute Gasteiger partial charge is 0.508 e. The molecule has 0 saturated carbocycles. The van der Waals surface area contributed by atoms with E-state index in [0.717, 1.165) is 4.90 Å². The van der Waals surface area contributed by atoms with E-state index in [-0.39, 0.29) is 11.3 Å². The van der Waals surface area contributed by atoms with Gasteiger partial charge in [-0.25, -0.2) is 4.90 Å². The number of aryl methyl sites for hydroxylation is 1. The summed E-state index contributed by atoms with van der Waals surface area (Å²) in [6.45, 7) is 1.74. The molecule has 5 heteroatoms. The van der Waals surface area contributed by atoms with Gasteiger partial charge in [-0.05, 0) is 24.6 Å². The topological polar surface area (TPSA) is 70.5 Å². The molecule has 1 aromatic carbocycles. The van der Waals surface area contributed by atoms with Gasteiger partial charge in [-0.3, -0.25) is 14.6 Å². The van der Waals surface area contributed by atoms with Gasteiger partial charge < -0.3 is 5.11 Å². The Balaban J connectivity index is 2.11. The van der Waals surface area contributed by atoms with Crippen molar-refractivity contribution in [2.24, 2.45) is 0 Å². The van der Waals surface area contributed by atoms with Gasteiger partial charge in [0, 0.05) is 18.5 Å². The number of carbonyl (C=O) groups excluding carboxylic acids is 2. The van der Waals surface area contributed by atoms with E-state index in [1.165, 1.54) is 24.5 Å². The highest BCUT2D eigenvalue weighted by molar-refractivity contribution is 6.34. The maximum absolute atomic E-state index is 12.2. The Kier molecular flexibility index (Phi) is 2.35. The molecule has 2 heterocycles. The second-order valence-electron chi connectivity index (χ2n) is 4.34. The first-order valence-electron chi connectivity index (χ1n) is 5.72. The van der Waals surface area contributed by atoms with E-state index in [1.54, 1.807) is 19.1 Å². The fourth-order valence-electron chi connectivity index (χ4n) is 2.06. The van der Waals surface area contributed by atoms with Gasteiger partial charge in [0.15, 0.2) is 0 Å². The number of aromatic hydroxyl groups is 1. The lowest BCUT2D eigenvalue weighted by atomic mass is 10.2. The van der Waals surface area contributed by atoms with Crippen LogP contribution in [0.3, 0.4) is 0 Å². The van der Waals surface area contributed by atoms with Crippen LogP contribution in [0.15, 0.2) is 36.7 Å². The van der Waals surface area contributed by atoms with Crippen LogP contribution in [0, 0.1) is 6.92 Å². The molecular formula is C14H10N2O3. The highest BCUT2D eigenvalue weighted by Gasteiger charge is 2.36. The fraction of sp³-hybridized carbons (Fsp3) is 0.0714. The number of rotatable bonds is 1. The average Bonchev–Trinajstić information content (AvgIpc) is 2.66. The number of phenolic OH excluding ortho intramolecular Hbond substituents is 1. The maximum atomic E-state index is 12.2. The number of nitrogens with zero attached hydrogens (tertiary/aromatic N) is 2. The third-order valence-corrected chi connectivity index (χ3v) is 3.14. The molecule has 1 aromatic heterocycles. The van der Waals surface area contributed by atoms with Crippen LogP contribution < -0.4 is 4.90 Å². The number of hydrogen-bond donors (Lipinski definition) is 1. The summed E-state index contributed by atoms with van der Waals surface area (Å²) in [4.78, 5) is 29.3. The number of carbonyl (C=O) groups is 2. The molecule has 2 amide bonds. The Morgan fingerprint density at radius 1 is 1.11 bits per heavy atom. The maximum Gasteiger partial charge on any atom is 0.267 e. The lowest BCUT2D eigenvalue weighted by Crippen LogP contribution is -2.29. The van der Waals surface area contributed by atoms with Crippen LogP contribution in [0.1, 0.15) is 26.3 Å². The molecular weight excluding hydrogens is 244 g/mol. The molecule has 0 aliphatic carbocycles. The highest BCUT2D eigenvalue weighted by Crippen LogP contribution is 2.30. The molecule has 0 saturated heterocycles. The van der Waals surface area contributed by atoms with Crippen LogP contribution in [0.25, 0.3) is 0 Å². The molecule has 0 fully saturated rings. The molecule has 94 valence electrons. The molecule has 0 atom stereocenters. The molecule has 1 aliphatic rings. The monoisotopic (exact) mass is 254 g/mol. The number of aromatic nitrogens is 1. The van der Waals surface area contributed by atoms with Crippen molar-refractivity contribution in [2.45, 2.75) is 6.92 Å². The van der Waals surface area contributed by atoms with Gasteiger partial charge in [-0.2, -0.15) is 0 Å². The lowest BCUT2D eigenvalue weighted by molar-refractivity contribution is 0.0926. The Bertz CT molecular complexity index is 675. The Morgan fingerprint density at radius 2 is 1.84 bits per heavy atom. The van der Waals surface area contributed by atoms with Crippen molar-refractivity contribution in [3.05, 3.63) is 53.3 Å². The van der Waals surface area contributed by atoms with E-state index in [2.05, 4.69) is 4.98 Å². The van der Waals surface area contributed by atoms with Crippen LogP contribution in [0.2, 0.25) is 0 Å². The first-order chi connectivity index (χ1) is 9.09. The molecule has 1 aliphatic heterocycles. The van der Waals surface area contributed by atoms with Gasteiger partial charge in [0.2, 0.25) is 0 Å². The van der Waals surface area contributed by atoms with Crippen LogP contribution >= 0.6 is 0 Å². The minimum atomic E-state index is -0.420. The minimum absolute atomic E-state index is 0.0483. The zero-order valence-corrected chi connectivity index (χ0v) is 10.1. The first-order valence-corrected chi connectivity index (χ1v) is 5.72. The molecule has 3 rings (SSSR count). The van der Waals surface area contributed by atoms with Gasteiger partial charge in [-0.15, -0.1) is 0 Å².